The molecule has 2 atom stereocenters. The highest BCUT2D eigenvalue weighted by Gasteiger charge is 2.58. The summed E-state index contributed by atoms with van der Waals surface area (Å²) >= 11 is 0. The molecule has 0 bridgehead atoms. The first-order chi connectivity index (χ1) is 15.1. The Morgan fingerprint density at radius 2 is 1.81 bits per heavy atom. The highest BCUT2D eigenvalue weighted by Crippen LogP contribution is 2.50. The topological polar surface area (TPSA) is 117 Å². The van der Waals surface area contributed by atoms with Crippen molar-refractivity contribution in [2.24, 2.45) is 11.1 Å². The first kappa shape index (κ1) is 23.0. The van der Waals surface area contributed by atoms with Crippen LogP contribution in [0.15, 0.2) is 54.9 Å². The Balaban J connectivity index is 0.000000360. The van der Waals surface area contributed by atoms with Gasteiger partial charge in [-0.15, -0.1) is 0 Å². The molecule has 3 amide bonds. The highest BCUT2D eigenvalue weighted by atomic mass is 19.4. The molecule has 1 aromatic heterocycles. The molecule has 0 saturated carbocycles. The second-order valence-corrected chi connectivity index (χ2v) is 7.56. The van der Waals surface area contributed by atoms with Crippen LogP contribution in [0.5, 0.6) is 0 Å². The van der Waals surface area contributed by atoms with Crippen LogP contribution in [0.25, 0.3) is 0 Å². The van der Waals surface area contributed by atoms with E-state index in [-0.39, 0.29) is 11.8 Å². The minimum absolute atomic E-state index is 0.0460. The van der Waals surface area contributed by atoms with E-state index in [2.05, 4.69) is 4.98 Å². The van der Waals surface area contributed by atoms with Crippen molar-refractivity contribution in [3.05, 3.63) is 60.4 Å². The quantitative estimate of drug-likeness (QED) is 0.730. The maximum Gasteiger partial charge on any atom is 0.490 e. The number of carbonyl (C=O) groups excluding carboxylic acids is 2. The summed E-state index contributed by atoms with van der Waals surface area (Å²) in [5.41, 5.74) is 6.79. The van der Waals surface area contributed by atoms with Crippen molar-refractivity contribution in [1.29, 1.82) is 0 Å². The second kappa shape index (κ2) is 8.85. The van der Waals surface area contributed by atoms with Gasteiger partial charge in [-0.25, -0.2) is 9.59 Å². The number of carboxylic acids is 1. The first-order valence-electron chi connectivity index (χ1n) is 9.67. The number of aliphatic carboxylic acids is 1. The fraction of sp³-hybridized carbons (Fsp3) is 0.333. The van der Waals surface area contributed by atoms with Crippen LogP contribution in [-0.4, -0.2) is 58.7 Å². The molecule has 8 nitrogen and oxygen atoms in total. The molecule has 3 heterocycles. The number of hydrogen-bond acceptors (Lipinski definition) is 4. The van der Waals surface area contributed by atoms with Gasteiger partial charge < -0.3 is 20.6 Å². The summed E-state index contributed by atoms with van der Waals surface area (Å²) in [4.78, 5) is 41.6. The Kier molecular flexibility index (Phi) is 6.37. The van der Waals surface area contributed by atoms with Crippen LogP contribution in [0.3, 0.4) is 0 Å². The summed E-state index contributed by atoms with van der Waals surface area (Å²) in [7, 11) is 0. The number of halogens is 3. The van der Waals surface area contributed by atoms with Gasteiger partial charge in [0, 0.05) is 31.7 Å². The van der Waals surface area contributed by atoms with Crippen LogP contribution in [0, 0.1) is 5.41 Å². The first-order valence-corrected chi connectivity index (χ1v) is 9.67. The molecule has 4 rings (SSSR count). The predicted octanol–water partition coefficient (Wildman–Crippen LogP) is 2.62. The monoisotopic (exact) mass is 450 g/mol. The number of anilines is 1. The lowest BCUT2D eigenvalue weighted by atomic mass is 9.73. The SMILES string of the molecule is NC(=O)N1C[C@@H](c2ccccc2)[C@@]2(CCN(c3cccnc3)C2=O)C1.O=C(O)C(F)(F)F. The molecule has 2 saturated heterocycles. The van der Waals surface area contributed by atoms with Crippen LogP contribution >= 0.6 is 0 Å². The van der Waals surface area contributed by atoms with Gasteiger partial charge in [-0.2, -0.15) is 13.2 Å². The highest BCUT2D eigenvalue weighted by molar-refractivity contribution is 6.01. The number of carbonyl (C=O) groups is 3. The molecule has 2 aliphatic heterocycles. The van der Waals surface area contributed by atoms with E-state index in [1.165, 1.54) is 0 Å². The fourth-order valence-corrected chi connectivity index (χ4v) is 4.21. The lowest BCUT2D eigenvalue weighted by Gasteiger charge is -2.28. The van der Waals surface area contributed by atoms with Gasteiger partial charge in [-0.05, 0) is 24.1 Å². The van der Waals surface area contributed by atoms with E-state index in [1.807, 2.05) is 42.5 Å². The molecule has 3 N–H and O–H groups in total. The van der Waals surface area contributed by atoms with Gasteiger partial charge in [0.25, 0.3) is 0 Å². The Hall–Kier alpha value is -3.63. The smallest absolute Gasteiger partial charge is 0.475 e. The molecule has 32 heavy (non-hydrogen) atoms. The molecule has 170 valence electrons. The van der Waals surface area contributed by atoms with Crippen molar-refractivity contribution >= 4 is 23.6 Å². The number of benzene rings is 1. The number of hydrogen-bond donors (Lipinski definition) is 2. The van der Waals surface area contributed by atoms with E-state index in [4.69, 9.17) is 15.6 Å². The number of carboxylic acid groups (broad SMARTS) is 1. The summed E-state index contributed by atoms with van der Waals surface area (Å²) in [5, 5.41) is 7.12. The van der Waals surface area contributed by atoms with Crippen molar-refractivity contribution in [2.45, 2.75) is 18.5 Å². The molecule has 1 spiro atoms. The number of primary amides is 1. The normalized spacial score (nSPS) is 22.6. The lowest BCUT2D eigenvalue weighted by Crippen LogP contribution is -2.41. The maximum atomic E-state index is 13.4. The summed E-state index contributed by atoms with van der Waals surface area (Å²) in [6.45, 7) is 1.48. The number of amides is 3. The van der Waals surface area contributed by atoms with E-state index in [9.17, 15) is 22.8 Å². The zero-order chi connectivity index (χ0) is 23.5. The van der Waals surface area contributed by atoms with Crippen LogP contribution in [-0.2, 0) is 9.59 Å². The molecule has 0 aliphatic carbocycles. The molecular weight excluding hydrogens is 429 g/mol. The number of pyridine rings is 1. The van der Waals surface area contributed by atoms with E-state index in [0.29, 0.717) is 26.1 Å². The third-order valence-electron chi connectivity index (χ3n) is 5.71. The number of aromatic nitrogens is 1. The molecule has 1 aromatic carbocycles. The van der Waals surface area contributed by atoms with Crippen molar-refractivity contribution in [1.82, 2.24) is 9.88 Å². The number of urea groups is 1. The third-order valence-corrected chi connectivity index (χ3v) is 5.71. The molecule has 2 aliphatic rings. The van der Waals surface area contributed by atoms with Gasteiger partial charge in [0.05, 0.1) is 17.3 Å². The van der Waals surface area contributed by atoms with Gasteiger partial charge in [-0.3, -0.25) is 9.78 Å². The number of rotatable bonds is 2. The van der Waals surface area contributed by atoms with Gasteiger partial charge >= 0.3 is 18.2 Å². The van der Waals surface area contributed by atoms with E-state index >= 15 is 0 Å². The van der Waals surface area contributed by atoms with E-state index in [1.54, 1.807) is 22.2 Å². The lowest BCUT2D eigenvalue weighted by molar-refractivity contribution is -0.192. The molecule has 0 radical (unpaired) electrons. The standard InChI is InChI=1S/C19H20N4O2.C2HF3O2/c20-18(25)22-12-16(14-5-2-1-3-6-14)19(13-22)8-10-23(17(19)24)15-7-4-9-21-11-15;3-2(4,5)1(6)7/h1-7,9,11,16H,8,10,12-13H2,(H2,20,25);(H,6,7)/t16-,19+;/m0./s1. The molecule has 0 unspecified atom stereocenters. The van der Waals surface area contributed by atoms with E-state index in [0.717, 1.165) is 11.3 Å². The minimum atomic E-state index is -5.08. The fourth-order valence-electron chi connectivity index (χ4n) is 4.21. The largest absolute Gasteiger partial charge is 0.490 e. The molecular formula is C21H21F3N4O4. The van der Waals surface area contributed by atoms with Crippen LogP contribution in [0.1, 0.15) is 17.9 Å². The van der Waals surface area contributed by atoms with E-state index < -0.39 is 23.6 Å². The Morgan fingerprint density at radius 1 is 1.16 bits per heavy atom. The van der Waals surface area contributed by atoms with Crippen molar-refractivity contribution < 1.29 is 32.7 Å². The maximum absolute atomic E-state index is 13.4. The zero-order valence-corrected chi connectivity index (χ0v) is 16.8. The third kappa shape index (κ3) is 4.51. The van der Waals surface area contributed by atoms with Crippen molar-refractivity contribution in [2.75, 3.05) is 24.5 Å². The Morgan fingerprint density at radius 3 is 2.34 bits per heavy atom. The zero-order valence-electron chi connectivity index (χ0n) is 16.8. The average molecular weight is 450 g/mol. The predicted molar refractivity (Wildman–Crippen MR) is 108 cm³/mol. The number of nitrogens with zero attached hydrogens (tertiary/aromatic N) is 3. The molecule has 2 fully saturated rings. The number of likely N-dealkylation sites (tertiary alicyclic amines) is 1. The Labute approximate surface area is 181 Å². The van der Waals surface area contributed by atoms with Gasteiger partial charge in [0.15, 0.2) is 0 Å². The van der Waals surface area contributed by atoms with Crippen molar-refractivity contribution in [3.8, 4) is 0 Å². The van der Waals surface area contributed by atoms with Gasteiger partial charge in [0.2, 0.25) is 5.91 Å². The van der Waals surface area contributed by atoms with Crippen LogP contribution < -0.4 is 10.6 Å². The van der Waals surface area contributed by atoms with Gasteiger partial charge in [-0.1, -0.05) is 30.3 Å². The van der Waals surface area contributed by atoms with Gasteiger partial charge in [0.1, 0.15) is 0 Å². The van der Waals surface area contributed by atoms with Crippen LogP contribution in [0.4, 0.5) is 23.7 Å². The number of nitrogens with two attached hydrogens (primary N) is 1. The van der Waals surface area contributed by atoms with Crippen molar-refractivity contribution in [3.63, 3.8) is 0 Å². The van der Waals surface area contributed by atoms with Crippen LogP contribution in [0.2, 0.25) is 0 Å². The number of alkyl halides is 3. The average Bonchev–Trinajstić information content (AvgIpc) is 3.31. The summed E-state index contributed by atoms with van der Waals surface area (Å²) < 4.78 is 31.7. The molecule has 2 aromatic rings. The summed E-state index contributed by atoms with van der Waals surface area (Å²) in [6, 6.07) is 13.2. The summed E-state index contributed by atoms with van der Waals surface area (Å²) in [5.74, 6) is -2.75. The molecule has 11 heteroatoms. The summed E-state index contributed by atoms with van der Waals surface area (Å²) in [6.07, 6.45) is -0.990. The minimum Gasteiger partial charge on any atom is -0.475 e. The second-order valence-electron chi connectivity index (χ2n) is 7.56. The Bertz CT molecular complexity index is 988.